The molecular weight excluding hydrogens is 281 g/mol. The zero-order valence-corrected chi connectivity index (χ0v) is 12.8. The lowest BCUT2D eigenvalue weighted by Gasteiger charge is -2.17. The average Bonchev–Trinajstić information content (AvgIpc) is 2.46. The maximum atomic E-state index is 13.4. The zero-order valence-electron chi connectivity index (χ0n) is 12.8. The maximum absolute atomic E-state index is 13.4. The first kappa shape index (κ1) is 16.2. The minimum Gasteiger partial charge on any atom is -0.463 e. The number of carbonyl (C=O) groups excluding carboxylic acids is 1. The molecule has 22 heavy (non-hydrogen) atoms. The molecule has 0 saturated carbocycles. The van der Waals surface area contributed by atoms with Crippen LogP contribution in [0.5, 0.6) is 0 Å². The summed E-state index contributed by atoms with van der Waals surface area (Å²) in [6, 6.07) is 13.3. The second-order valence-electron chi connectivity index (χ2n) is 5.45. The van der Waals surface area contributed by atoms with Crippen LogP contribution < -0.4 is 5.73 Å². The first-order valence-electron chi connectivity index (χ1n) is 7.27. The third-order valence-electron chi connectivity index (χ3n) is 3.25. The van der Waals surface area contributed by atoms with Crippen molar-refractivity contribution in [3.05, 3.63) is 59.9 Å². The lowest BCUT2D eigenvalue weighted by molar-refractivity contribution is -0.147. The summed E-state index contributed by atoms with van der Waals surface area (Å²) in [7, 11) is 0. The number of carbonyl (C=O) groups is 1. The molecule has 0 aliphatic heterocycles. The van der Waals surface area contributed by atoms with Gasteiger partial charge in [0.2, 0.25) is 0 Å². The number of halogens is 1. The molecule has 116 valence electrons. The summed E-state index contributed by atoms with van der Waals surface area (Å²) in [5.74, 6) is -0.642. The van der Waals surface area contributed by atoms with Crippen molar-refractivity contribution >= 4 is 5.97 Å². The van der Waals surface area contributed by atoms with E-state index in [1.807, 2.05) is 30.3 Å². The summed E-state index contributed by atoms with van der Waals surface area (Å²) in [5.41, 5.74) is 8.52. The fraction of sp³-hybridized carbons (Fsp3) is 0.278. The van der Waals surface area contributed by atoms with Crippen molar-refractivity contribution in [3.63, 3.8) is 0 Å². The lowest BCUT2D eigenvalue weighted by Crippen LogP contribution is -2.20. The van der Waals surface area contributed by atoms with Crippen LogP contribution in [0.15, 0.2) is 48.5 Å². The Morgan fingerprint density at radius 3 is 2.59 bits per heavy atom. The molecule has 0 aromatic heterocycles. The van der Waals surface area contributed by atoms with Gasteiger partial charge in [-0.1, -0.05) is 36.4 Å². The van der Waals surface area contributed by atoms with Gasteiger partial charge < -0.3 is 10.5 Å². The first-order valence-corrected chi connectivity index (χ1v) is 7.27. The second kappa shape index (κ2) is 7.18. The van der Waals surface area contributed by atoms with Gasteiger partial charge in [0.25, 0.3) is 0 Å². The Bertz CT molecular complexity index is 655. The van der Waals surface area contributed by atoms with E-state index < -0.39 is 6.04 Å². The Morgan fingerprint density at radius 2 is 1.91 bits per heavy atom. The van der Waals surface area contributed by atoms with E-state index in [0.717, 1.165) is 16.7 Å². The van der Waals surface area contributed by atoms with Gasteiger partial charge >= 0.3 is 5.97 Å². The van der Waals surface area contributed by atoms with Gasteiger partial charge in [-0.05, 0) is 42.7 Å². The van der Waals surface area contributed by atoms with E-state index >= 15 is 0 Å². The number of hydrogen-bond acceptors (Lipinski definition) is 3. The van der Waals surface area contributed by atoms with Gasteiger partial charge in [-0.3, -0.25) is 4.79 Å². The van der Waals surface area contributed by atoms with Crippen LogP contribution in [0.25, 0.3) is 11.1 Å². The van der Waals surface area contributed by atoms with Crippen LogP contribution in [0.4, 0.5) is 4.39 Å². The molecule has 1 unspecified atom stereocenters. The Hall–Kier alpha value is -2.20. The molecule has 2 aromatic carbocycles. The molecule has 3 nitrogen and oxygen atoms in total. The molecular formula is C18H20FNO2. The lowest BCUT2D eigenvalue weighted by atomic mass is 9.94. The van der Waals surface area contributed by atoms with Crippen LogP contribution in [0.2, 0.25) is 0 Å². The molecule has 0 aliphatic rings. The normalized spacial score (nSPS) is 12.2. The maximum Gasteiger partial charge on any atom is 0.307 e. The van der Waals surface area contributed by atoms with Gasteiger partial charge in [-0.25, -0.2) is 4.39 Å². The zero-order chi connectivity index (χ0) is 16.1. The number of benzene rings is 2. The topological polar surface area (TPSA) is 52.3 Å². The SMILES string of the molecule is CC(C)OC(=O)CC(N)c1ccccc1-c1cccc(F)c1. The number of ether oxygens (including phenoxy) is 1. The fourth-order valence-corrected chi connectivity index (χ4v) is 2.34. The van der Waals surface area contributed by atoms with Crippen molar-refractivity contribution in [2.75, 3.05) is 0 Å². The quantitative estimate of drug-likeness (QED) is 0.854. The molecule has 0 aliphatic carbocycles. The minimum absolute atomic E-state index is 0.0878. The van der Waals surface area contributed by atoms with E-state index in [0.29, 0.717) is 0 Å². The molecule has 0 bridgehead atoms. The van der Waals surface area contributed by atoms with E-state index in [4.69, 9.17) is 10.5 Å². The highest BCUT2D eigenvalue weighted by atomic mass is 19.1. The number of rotatable bonds is 5. The standard InChI is InChI=1S/C18H20FNO2/c1-12(2)22-18(21)11-17(20)16-9-4-3-8-15(16)13-6-5-7-14(19)10-13/h3-10,12,17H,11,20H2,1-2H3. The van der Waals surface area contributed by atoms with Crippen molar-refractivity contribution in [2.45, 2.75) is 32.4 Å². The van der Waals surface area contributed by atoms with Crippen LogP contribution in [0.3, 0.4) is 0 Å². The number of hydrogen-bond donors (Lipinski definition) is 1. The Kier molecular flexibility index (Phi) is 5.28. The first-order chi connectivity index (χ1) is 10.5. The summed E-state index contributed by atoms with van der Waals surface area (Å²) < 4.78 is 18.6. The molecule has 2 N–H and O–H groups in total. The molecule has 0 saturated heterocycles. The molecule has 2 rings (SSSR count). The Balaban J connectivity index is 2.26. The molecule has 0 radical (unpaired) electrons. The molecule has 0 fully saturated rings. The summed E-state index contributed by atoms with van der Waals surface area (Å²) in [6.07, 6.45) is -0.0806. The van der Waals surface area contributed by atoms with E-state index in [2.05, 4.69) is 0 Å². The summed E-state index contributed by atoms with van der Waals surface area (Å²) in [6.45, 7) is 3.59. The van der Waals surface area contributed by atoms with Crippen molar-refractivity contribution in [3.8, 4) is 11.1 Å². The van der Waals surface area contributed by atoms with Gasteiger partial charge in [0, 0.05) is 6.04 Å². The predicted octanol–water partition coefficient (Wildman–Crippen LogP) is 3.83. The van der Waals surface area contributed by atoms with Crippen LogP contribution in [-0.4, -0.2) is 12.1 Å². The van der Waals surface area contributed by atoms with Gasteiger partial charge in [0.15, 0.2) is 0 Å². The van der Waals surface area contributed by atoms with Crippen molar-refractivity contribution in [1.29, 1.82) is 0 Å². The molecule has 2 aromatic rings. The smallest absolute Gasteiger partial charge is 0.307 e. The van der Waals surface area contributed by atoms with Crippen molar-refractivity contribution in [2.24, 2.45) is 5.73 Å². The molecule has 0 heterocycles. The third kappa shape index (κ3) is 4.15. The summed E-state index contributed by atoms with van der Waals surface area (Å²) in [4.78, 5) is 11.8. The van der Waals surface area contributed by atoms with Gasteiger partial charge in [0.1, 0.15) is 5.82 Å². The highest BCUT2D eigenvalue weighted by Gasteiger charge is 2.17. The van der Waals surface area contributed by atoms with E-state index in [9.17, 15) is 9.18 Å². The number of esters is 1. The van der Waals surface area contributed by atoms with Crippen molar-refractivity contribution in [1.82, 2.24) is 0 Å². The van der Waals surface area contributed by atoms with Crippen LogP contribution in [0.1, 0.15) is 31.9 Å². The van der Waals surface area contributed by atoms with Crippen molar-refractivity contribution < 1.29 is 13.9 Å². The third-order valence-corrected chi connectivity index (χ3v) is 3.25. The second-order valence-corrected chi connectivity index (χ2v) is 5.45. The Morgan fingerprint density at radius 1 is 1.18 bits per heavy atom. The highest BCUT2D eigenvalue weighted by molar-refractivity contribution is 5.73. The van der Waals surface area contributed by atoms with Gasteiger partial charge in [-0.2, -0.15) is 0 Å². The van der Waals surface area contributed by atoms with E-state index in [1.165, 1.54) is 12.1 Å². The van der Waals surface area contributed by atoms with Crippen LogP contribution in [-0.2, 0) is 9.53 Å². The summed E-state index contributed by atoms with van der Waals surface area (Å²) in [5, 5.41) is 0. The van der Waals surface area contributed by atoms with Crippen LogP contribution >= 0.6 is 0 Å². The molecule has 1 atom stereocenters. The fourth-order valence-electron chi connectivity index (χ4n) is 2.34. The largest absolute Gasteiger partial charge is 0.463 e. The van der Waals surface area contributed by atoms with Gasteiger partial charge in [0.05, 0.1) is 12.5 Å². The average molecular weight is 301 g/mol. The molecule has 0 amide bonds. The minimum atomic E-state index is -0.495. The van der Waals surface area contributed by atoms with Gasteiger partial charge in [-0.15, -0.1) is 0 Å². The summed E-state index contributed by atoms with van der Waals surface area (Å²) >= 11 is 0. The monoisotopic (exact) mass is 301 g/mol. The number of nitrogens with two attached hydrogens (primary N) is 1. The molecule has 4 heteroatoms. The van der Waals surface area contributed by atoms with E-state index in [-0.39, 0.29) is 24.3 Å². The highest BCUT2D eigenvalue weighted by Crippen LogP contribution is 2.29. The van der Waals surface area contributed by atoms with E-state index in [1.54, 1.807) is 19.9 Å². The predicted molar refractivity (Wildman–Crippen MR) is 84.6 cm³/mol. The van der Waals surface area contributed by atoms with Crippen LogP contribution in [0, 0.1) is 5.82 Å². The molecule has 0 spiro atoms. The Labute approximate surface area is 129 Å².